The Morgan fingerprint density at radius 1 is 1.29 bits per heavy atom. The number of nitrogens with zero attached hydrogens (tertiary/aromatic N) is 1. The first-order chi connectivity index (χ1) is 11.5. The van der Waals surface area contributed by atoms with Gasteiger partial charge in [-0.2, -0.15) is 0 Å². The maximum Gasteiger partial charge on any atom is 0.328 e. The third-order valence-corrected chi connectivity index (χ3v) is 4.57. The van der Waals surface area contributed by atoms with Gasteiger partial charge in [0.15, 0.2) is 0 Å². The van der Waals surface area contributed by atoms with E-state index in [0.29, 0.717) is 13.1 Å². The van der Waals surface area contributed by atoms with Gasteiger partial charge in [-0.1, -0.05) is 32.0 Å². The third-order valence-electron chi connectivity index (χ3n) is 4.57. The molecule has 128 valence electrons. The first kappa shape index (κ1) is 16.4. The second-order valence-electron chi connectivity index (χ2n) is 6.49. The minimum Gasteiger partial charge on any atom is -0.467 e. The molecule has 6 heteroatoms. The summed E-state index contributed by atoms with van der Waals surface area (Å²) in [6.07, 6.45) is 0.803. The monoisotopic (exact) mass is 329 g/mol. The van der Waals surface area contributed by atoms with Crippen molar-refractivity contribution in [1.29, 1.82) is 0 Å². The van der Waals surface area contributed by atoms with E-state index in [1.807, 2.05) is 32.0 Å². The second-order valence-corrected chi connectivity index (χ2v) is 6.49. The van der Waals surface area contributed by atoms with E-state index in [1.54, 1.807) is 4.90 Å². The smallest absolute Gasteiger partial charge is 0.328 e. The molecule has 2 N–H and O–H groups in total. The second kappa shape index (κ2) is 6.55. The molecule has 1 unspecified atom stereocenters. The minimum atomic E-state index is -0.633. The predicted octanol–water partition coefficient (Wildman–Crippen LogP) is 2.43. The molecule has 1 aromatic carbocycles. The van der Waals surface area contributed by atoms with Gasteiger partial charge in [0.1, 0.15) is 6.04 Å². The molecule has 0 fully saturated rings. The molecule has 1 aliphatic rings. The van der Waals surface area contributed by atoms with E-state index in [-0.39, 0.29) is 11.9 Å². The van der Waals surface area contributed by atoms with Crippen LogP contribution in [-0.4, -0.2) is 41.6 Å². The Morgan fingerprint density at radius 2 is 2.04 bits per heavy atom. The number of aromatic amines is 1. The van der Waals surface area contributed by atoms with Crippen LogP contribution in [-0.2, 0) is 22.5 Å². The molecule has 0 radical (unpaired) electrons. The van der Waals surface area contributed by atoms with Gasteiger partial charge in [0, 0.05) is 23.1 Å². The predicted molar refractivity (Wildman–Crippen MR) is 91.6 cm³/mol. The fourth-order valence-corrected chi connectivity index (χ4v) is 3.22. The van der Waals surface area contributed by atoms with E-state index >= 15 is 0 Å². The van der Waals surface area contributed by atoms with Gasteiger partial charge < -0.3 is 19.9 Å². The fraction of sp³-hybridized carbons (Fsp3) is 0.444. The Bertz CT molecular complexity index is 766. The van der Waals surface area contributed by atoms with Crippen LogP contribution in [0.15, 0.2) is 24.3 Å². The number of carbonyl (C=O) groups is 2. The van der Waals surface area contributed by atoms with Crippen molar-refractivity contribution in [1.82, 2.24) is 15.2 Å². The summed E-state index contributed by atoms with van der Waals surface area (Å²) in [4.78, 5) is 29.5. The van der Waals surface area contributed by atoms with Crippen LogP contribution in [0.2, 0.25) is 0 Å². The van der Waals surface area contributed by atoms with Crippen molar-refractivity contribution in [2.75, 3.05) is 13.7 Å². The summed E-state index contributed by atoms with van der Waals surface area (Å²) in [5.41, 5.74) is 3.44. The fourth-order valence-electron chi connectivity index (χ4n) is 3.22. The number of urea groups is 1. The number of fused-ring (bicyclic) bond motifs is 3. The zero-order chi connectivity index (χ0) is 17.3. The molecule has 0 spiro atoms. The highest BCUT2D eigenvalue weighted by molar-refractivity contribution is 5.86. The number of ether oxygens (including phenoxy) is 1. The Hall–Kier alpha value is -2.50. The third kappa shape index (κ3) is 2.96. The number of rotatable bonds is 3. The van der Waals surface area contributed by atoms with Crippen LogP contribution in [0.3, 0.4) is 0 Å². The molecule has 3 rings (SSSR count). The van der Waals surface area contributed by atoms with Gasteiger partial charge in [-0.25, -0.2) is 9.59 Å². The van der Waals surface area contributed by atoms with E-state index in [1.165, 1.54) is 18.1 Å². The lowest BCUT2D eigenvalue weighted by molar-refractivity contribution is -0.144. The van der Waals surface area contributed by atoms with Gasteiger partial charge in [-0.3, -0.25) is 0 Å². The van der Waals surface area contributed by atoms with Gasteiger partial charge in [0.2, 0.25) is 0 Å². The van der Waals surface area contributed by atoms with Crippen LogP contribution in [0, 0.1) is 5.92 Å². The lowest BCUT2D eigenvalue weighted by atomic mass is 10.0. The topological polar surface area (TPSA) is 74.4 Å². The maximum atomic E-state index is 12.6. The maximum absolute atomic E-state index is 12.6. The zero-order valence-electron chi connectivity index (χ0n) is 14.3. The van der Waals surface area contributed by atoms with Crippen LogP contribution >= 0.6 is 0 Å². The Balaban J connectivity index is 1.75. The first-order valence-electron chi connectivity index (χ1n) is 8.23. The number of aromatic nitrogens is 1. The number of H-pyrrole nitrogens is 1. The summed E-state index contributed by atoms with van der Waals surface area (Å²) < 4.78 is 4.78. The molecule has 6 nitrogen and oxygen atoms in total. The van der Waals surface area contributed by atoms with Gasteiger partial charge in [-0.15, -0.1) is 0 Å². The van der Waals surface area contributed by atoms with Crippen molar-refractivity contribution in [3.05, 3.63) is 35.5 Å². The van der Waals surface area contributed by atoms with Crippen molar-refractivity contribution in [3.8, 4) is 0 Å². The summed E-state index contributed by atoms with van der Waals surface area (Å²) in [5, 5.41) is 4.02. The normalized spacial score (nSPS) is 15.2. The number of benzene rings is 1. The van der Waals surface area contributed by atoms with E-state index in [4.69, 9.17) is 4.74 Å². The molecule has 0 saturated carbocycles. The molecule has 1 aromatic heterocycles. The van der Waals surface area contributed by atoms with Crippen molar-refractivity contribution in [2.24, 2.45) is 5.92 Å². The van der Waals surface area contributed by atoms with Crippen molar-refractivity contribution in [2.45, 2.75) is 32.9 Å². The Kier molecular flexibility index (Phi) is 4.46. The van der Waals surface area contributed by atoms with Crippen LogP contribution in [0.1, 0.15) is 25.1 Å². The summed E-state index contributed by atoms with van der Waals surface area (Å²) in [7, 11) is 1.33. The number of nitrogens with one attached hydrogen (secondary N) is 2. The molecule has 1 aliphatic heterocycles. The number of esters is 1. The summed E-state index contributed by atoms with van der Waals surface area (Å²) >= 11 is 0. The van der Waals surface area contributed by atoms with Gasteiger partial charge in [0.25, 0.3) is 0 Å². The Labute approximate surface area is 141 Å². The molecule has 0 bridgehead atoms. The highest BCUT2D eigenvalue weighted by atomic mass is 16.5. The highest BCUT2D eigenvalue weighted by Gasteiger charge is 2.29. The molecular formula is C18H23N3O3. The molecule has 0 aliphatic carbocycles. The van der Waals surface area contributed by atoms with E-state index in [9.17, 15) is 9.59 Å². The number of carbonyl (C=O) groups excluding carboxylic acids is 2. The van der Waals surface area contributed by atoms with Crippen LogP contribution < -0.4 is 5.32 Å². The van der Waals surface area contributed by atoms with E-state index < -0.39 is 12.0 Å². The van der Waals surface area contributed by atoms with Crippen LogP contribution in [0.5, 0.6) is 0 Å². The summed E-state index contributed by atoms with van der Waals surface area (Å²) in [5.74, 6) is -0.448. The molecule has 2 amide bonds. The van der Waals surface area contributed by atoms with Crippen LogP contribution in [0.4, 0.5) is 4.79 Å². The minimum absolute atomic E-state index is 0.0326. The molecule has 1 atom stereocenters. The zero-order valence-corrected chi connectivity index (χ0v) is 14.3. The van der Waals surface area contributed by atoms with E-state index in [2.05, 4.69) is 16.4 Å². The number of amides is 2. The lowest BCUT2D eigenvalue weighted by Gasteiger charge is -2.29. The standard InChI is InChI=1S/C18H23N3O3/c1-11(2)16(17(22)24-3)20-18(23)21-9-8-13-12-6-4-5-7-14(12)19-15(13)10-21/h4-7,11,16,19H,8-10H2,1-3H3,(H,20,23). The van der Waals surface area contributed by atoms with Gasteiger partial charge in [-0.05, 0) is 24.0 Å². The number of para-hydroxylation sites is 1. The average Bonchev–Trinajstić information content (AvgIpc) is 2.96. The quantitative estimate of drug-likeness (QED) is 0.849. The molecule has 0 saturated heterocycles. The summed E-state index contributed by atoms with van der Waals surface area (Å²) in [6.45, 7) is 4.91. The molecule has 24 heavy (non-hydrogen) atoms. The largest absolute Gasteiger partial charge is 0.467 e. The van der Waals surface area contributed by atoms with Crippen molar-refractivity contribution < 1.29 is 14.3 Å². The van der Waals surface area contributed by atoms with Crippen molar-refractivity contribution in [3.63, 3.8) is 0 Å². The lowest BCUT2D eigenvalue weighted by Crippen LogP contribution is -2.51. The molecule has 2 aromatic rings. The SMILES string of the molecule is COC(=O)C(NC(=O)N1CCc2c([nH]c3ccccc23)C1)C(C)C. The number of methoxy groups -OCH3 is 1. The van der Waals surface area contributed by atoms with Gasteiger partial charge >= 0.3 is 12.0 Å². The van der Waals surface area contributed by atoms with Gasteiger partial charge in [0.05, 0.1) is 13.7 Å². The molecular weight excluding hydrogens is 306 g/mol. The number of hydrogen-bond acceptors (Lipinski definition) is 3. The first-order valence-corrected chi connectivity index (χ1v) is 8.23. The highest BCUT2D eigenvalue weighted by Crippen LogP contribution is 2.27. The molecule has 2 heterocycles. The van der Waals surface area contributed by atoms with Crippen LogP contribution in [0.25, 0.3) is 10.9 Å². The average molecular weight is 329 g/mol. The number of hydrogen-bond donors (Lipinski definition) is 2. The van der Waals surface area contributed by atoms with Crippen molar-refractivity contribution >= 4 is 22.9 Å². The summed E-state index contributed by atoms with van der Waals surface area (Å²) in [6, 6.07) is 7.31. The van der Waals surface area contributed by atoms with E-state index in [0.717, 1.165) is 17.6 Å². The Morgan fingerprint density at radius 3 is 2.75 bits per heavy atom.